The van der Waals surface area contributed by atoms with Gasteiger partial charge < -0.3 is 19.9 Å². The normalized spacial score (nSPS) is 11.7. The van der Waals surface area contributed by atoms with E-state index in [1.165, 1.54) is 25.3 Å². The number of halogens is 3. The van der Waals surface area contributed by atoms with Crippen LogP contribution in [0.5, 0.6) is 11.6 Å². The van der Waals surface area contributed by atoms with Gasteiger partial charge in [0.1, 0.15) is 11.6 Å². The molecule has 0 spiro atoms. The van der Waals surface area contributed by atoms with E-state index in [1.807, 2.05) is 0 Å². The number of benzene rings is 1. The van der Waals surface area contributed by atoms with Gasteiger partial charge in [-0.15, -0.1) is 13.2 Å². The second-order valence-corrected chi connectivity index (χ2v) is 7.69. The molecular weight excluding hydrogens is 439 g/mol. The molecule has 0 aliphatic heterocycles. The molecule has 10 heteroatoms. The van der Waals surface area contributed by atoms with Crippen LogP contribution in [0.25, 0.3) is 11.1 Å². The van der Waals surface area contributed by atoms with Crippen molar-refractivity contribution in [1.82, 2.24) is 9.97 Å². The van der Waals surface area contributed by atoms with Crippen molar-refractivity contribution in [2.45, 2.75) is 32.2 Å². The Bertz CT molecular complexity index is 1130. The summed E-state index contributed by atoms with van der Waals surface area (Å²) in [6.45, 7) is 3.37. The van der Waals surface area contributed by atoms with Crippen LogP contribution in [0.1, 0.15) is 25.0 Å². The highest BCUT2D eigenvalue weighted by Gasteiger charge is 2.34. The molecule has 0 fully saturated rings. The minimum atomic E-state index is -4.75. The molecule has 0 saturated heterocycles. The fraction of sp³-hybridized carbons (Fsp3) is 0.261. The molecule has 1 aromatic carbocycles. The highest BCUT2D eigenvalue weighted by molar-refractivity contribution is 5.82. The van der Waals surface area contributed by atoms with Gasteiger partial charge in [0.2, 0.25) is 5.88 Å². The molecule has 0 aliphatic rings. The number of hydrogen-bond acceptors (Lipinski definition) is 6. The number of carboxylic acids is 1. The van der Waals surface area contributed by atoms with Gasteiger partial charge >= 0.3 is 12.3 Å². The van der Waals surface area contributed by atoms with Crippen LogP contribution in [0.3, 0.4) is 0 Å². The Morgan fingerprint density at radius 3 is 2.39 bits per heavy atom. The van der Waals surface area contributed by atoms with Crippen molar-refractivity contribution in [2.75, 3.05) is 12.4 Å². The number of nitrogens with zero attached hydrogens (tertiary/aromatic N) is 2. The van der Waals surface area contributed by atoms with E-state index in [-0.39, 0.29) is 18.2 Å². The average Bonchev–Trinajstić information content (AvgIpc) is 2.76. The van der Waals surface area contributed by atoms with E-state index in [0.717, 1.165) is 0 Å². The van der Waals surface area contributed by atoms with Crippen molar-refractivity contribution >= 4 is 11.8 Å². The van der Waals surface area contributed by atoms with Crippen LogP contribution in [0.2, 0.25) is 0 Å². The second kappa shape index (κ2) is 9.35. The third-order valence-corrected chi connectivity index (χ3v) is 4.95. The van der Waals surface area contributed by atoms with Gasteiger partial charge in [-0.25, -0.2) is 9.97 Å². The number of ether oxygens (including phenoxy) is 2. The molecule has 2 aromatic heterocycles. The Morgan fingerprint density at radius 2 is 1.79 bits per heavy atom. The zero-order valence-corrected chi connectivity index (χ0v) is 18.1. The summed E-state index contributed by atoms with van der Waals surface area (Å²) >= 11 is 0. The van der Waals surface area contributed by atoms with Crippen LogP contribution in [0, 0.1) is 0 Å². The number of carboxylic acid groups (broad SMARTS) is 1. The third-order valence-electron chi connectivity index (χ3n) is 4.95. The third kappa shape index (κ3) is 5.91. The van der Waals surface area contributed by atoms with E-state index < -0.39 is 17.7 Å². The first kappa shape index (κ1) is 23.8. The van der Waals surface area contributed by atoms with Crippen LogP contribution in [0.4, 0.5) is 19.0 Å². The Hall–Kier alpha value is -3.82. The minimum absolute atomic E-state index is 0.231. The van der Waals surface area contributed by atoms with Gasteiger partial charge in [-0.2, -0.15) is 0 Å². The molecule has 3 rings (SSSR count). The van der Waals surface area contributed by atoms with Crippen LogP contribution in [-0.2, 0) is 16.8 Å². The van der Waals surface area contributed by atoms with Gasteiger partial charge in [0.15, 0.2) is 0 Å². The van der Waals surface area contributed by atoms with Gasteiger partial charge in [0.25, 0.3) is 0 Å². The van der Waals surface area contributed by atoms with Crippen LogP contribution >= 0.6 is 0 Å². The number of rotatable bonds is 8. The van der Waals surface area contributed by atoms with Crippen molar-refractivity contribution in [3.63, 3.8) is 0 Å². The van der Waals surface area contributed by atoms with Gasteiger partial charge in [0, 0.05) is 35.6 Å². The highest BCUT2D eigenvalue weighted by atomic mass is 19.4. The summed E-state index contributed by atoms with van der Waals surface area (Å²) < 4.78 is 46.3. The maximum absolute atomic E-state index is 12.4. The van der Waals surface area contributed by atoms with Gasteiger partial charge in [-0.3, -0.25) is 4.79 Å². The Balaban J connectivity index is 1.75. The second-order valence-electron chi connectivity index (χ2n) is 7.69. The molecule has 0 amide bonds. The molecule has 0 radical (unpaired) electrons. The SMILES string of the molecule is COc1ncc(-c2ccc(NCc3cccc(OC(F)(F)F)c3)nc2)cc1C(C)(C)C(=O)O. The van der Waals surface area contributed by atoms with Crippen LogP contribution < -0.4 is 14.8 Å². The number of nitrogens with one attached hydrogen (secondary N) is 1. The number of hydrogen-bond donors (Lipinski definition) is 2. The van der Waals surface area contributed by atoms with E-state index >= 15 is 0 Å². The molecule has 0 aliphatic carbocycles. The maximum Gasteiger partial charge on any atom is 0.573 e. The standard InChI is InChI=1S/C23H22F3N3O4/c1-22(2,21(30)31)18-10-16(13-29-20(18)32-3)15-7-8-19(28-12-15)27-11-14-5-4-6-17(9-14)33-23(24,25)26/h4-10,12-13H,11H2,1-3H3,(H,27,28)(H,30,31). The van der Waals surface area contributed by atoms with Crippen molar-refractivity contribution in [1.29, 1.82) is 0 Å². The van der Waals surface area contributed by atoms with E-state index in [1.54, 1.807) is 50.5 Å². The lowest BCUT2D eigenvalue weighted by Gasteiger charge is -2.22. The fourth-order valence-corrected chi connectivity index (χ4v) is 3.05. The first-order valence-electron chi connectivity index (χ1n) is 9.82. The van der Waals surface area contributed by atoms with Gasteiger partial charge in [0.05, 0.1) is 12.5 Å². The molecule has 174 valence electrons. The largest absolute Gasteiger partial charge is 0.573 e. The molecule has 2 heterocycles. The van der Waals surface area contributed by atoms with E-state index in [2.05, 4.69) is 20.0 Å². The monoisotopic (exact) mass is 461 g/mol. The Morgan fingerprint density at radius 1 is 1.06 bits per heavy atom. The topological polar surface area (TPSA) is 93.6 Å². The maximum atomic E-state index is 12.4. The molecule has 0 saturated carbocycles. The summed E-state index contributed by atoms with van der Waals surface area (Å²) in [6, 6.07) is 10.9. The molecule has 3 aromatic rings. The van der Waals surface area contributed by atoms with Crippen molar-refractivity contribution in [2.24, 2.45) is 0 Å². The fourth-order valence-electron chi connectivity index (χ4n) is 3.05. The molecular formula is C23H22F3N3O4. The Labute approximate surface area is 188 Å². The lowest BCUT2D eigenvalue weighted by atomic mass is 9.84. The van der Waals surface area contributed by atoms with Gasteiger partial charge in [-0.1, -0.05) is 12.1 Å². The predicted octanol–water partition coefficient (Wildman–Crippen LogP) is 5.03. The summed E-state index contributed by atoms with van der Waals surface area (Å²) in [5.74, 6) is -0.568. The zero-order chi connectivity index (χ0) is 24.2. The zero-order valence-electron chi connectivity index (χ0n) is 18.1. The van der Waals surface area contributed by atoms with Crippen molar-refractivity contribution < 1.29 is 32.5 Å². The number of pyridine rings is 2. The summed E-state index contributed by atoms with van der Waals surface area (Å²) in [6.07, 6.45) is -1.59. The van der Waals surface area contributed by atoms with E-state index in [9.17, 15) is 23.1 Å². The molecule has 33 heavy (non-hydrogen) atoms. The van der Waals surface area contributed by atoms with Crippen molar-refractivity contribution in [3.8, 4) is 22.8 Å². The number of aliphatic carboxylic acids is 1. The molecule has 7 nitrogen and oxygen atoms in total. The summed E-state index contributed by atoms with van der Waals surface area (Å²) in [4.78, 5) is 20.2. The molecule has 0 atom stereocenters. The number of alkyl halides is 3. The summed E-state index contributed by atoms with van der Waals surface area (Å²) in [5, 5.41) is 12.6. The molecule has 0 unspecified atom stereocenters. The Kier molecular flexibility index (Phi) is 6.75. The number of methoxy groups -OCH3 is 1. The first-order chi connectivity index (χ1) is 15.5. The molecule has 2 N–H and O–H groups in total. The summed E-state index contributed by atoms with van der Waals surface area (Å²) in [5.41, 5.74) is 1.17. The van der Waals surface area contributed by atoms with Crippen LogP contribution in [0.15, 0.2) is 54.9 Å². The highest BCUT2D eigenvalue weighted by Crippen LogP contribution is 2.34. The number of anilines is 1. The van der Waals surface area contributed by atoms with Crippen LogP contribution in [-0.4, -0.2) is 34.5 Å². The molecule has 0 bridgehead atoms. The average molecular weight is 461 g/mol. The van der Waals surface area contributed by atoms with E-state index in [0.29, 0.717) is 28.1 Å². The lowest BCUT2D eigenvalue weighted by Crippen LogP contribution is -2.29. The van der Waals surface area contributed by atoms with Gasteiger partial charge in [-0.05, 0) is 49.7 Å². The van der Waals surface area contributed by atoms with Crippen molar-refractivity contribution in [3.05, 3.63) is 66.0 Å². The summed E-state index contributed by atoms with van der Waals surface area (Å²) in [7, 11) is 1.43. The smallest absolute Gasteiger partial charge is 0.481 e. The number of carbonyl (C=O) groups is 1. The quantitative estimate of drug-likeness (QED) is 0.486. The lowest BCUT2D eigenvalue weighted by molar-refractivity contribution is -0.274. The predicted molar refractivity (Wildman–Crippen MR) is 115 cm³/mol. The van der Waals surface area contributed by atoms with E-state index in [4.69, 9.17) is 4.74 Å². The minimum Gasteiger partial charge on any atom is -0.481 e. The first-order valence-corrected chi connectivity index (χ1v) is 9.82. The number of aromatic nitrogens is 2.